The van der Waals surface area contributed by atoms with E-state index in [-0.39, 0.29) is 26.4 Å². The summed E-state index contributed by atoms with van der Waals surface area (Å²) in [6.07, 6.45) is 0. The zero-order chi connectivity index (χ0) is 30.9. The largest absolute Gasteiger partial charge is 0.480 e. The fourth-order valence-electron chi connectivity index (χ4n) is 2.97. The van der Waals surface area contributed by atoms with Crippen molar-refractivity contribution in [2.45, 2.75) is 6.61 Å². The molecule has 1 aromatic carbocycles. The molecule has 0 spiro atoms. The third-order valence-electron chi connectivity index (χ3n) is 5.04. The van der Waals surface area contributed by atoms with E-state index < -0.39 is 11.9 Å². The Kier molecular flexibility index (Phi) is 28.1. The molecule has 0 aliphatic rings. The van der Waals surface area contributed by atoms with E-state index in [4.69, 9.17) is 57.2 Å². The third-order valence-corrected chi connectivity index (χ3v) is 5.04. The van der Waals surface area contributed by atoms with Crippen LogP contribution in [0.5, 0.6) is 0 Å². The molecule has 43 heavy (non-hydrogen) atoms. The molecule has 0 unspecified atom stereocenters. The summed E-state index contributed by atoms with van der Waals surface area (Å²) in [4.78, 5) is 21.9. The molecule has 248 valence electrons. The Labute approximate surface area is 253 Å². The molecule has 14 heteroatoms. The van der Waals surface area contributed by atoms with Gasteiger partial charge in [-0.15, -0.1) is 0 Å². The van der Waals surface area contributed by atoms with Crippen LogP contribution in [-0.4, -0.2) is 149 Å². The first-order chi connectivity index (χ1) is 21.2. The molecule has 0 aromatic heterocycles. The summed E-state index contributed by atoms with van der Waals surface area (Å²) in [6.45, 7) is 7.39. The number of carbonyl (C=O) groups is 2. The van der Waals surface area contributed by atoms with Crippen molar-refractivity contribution < 1.29 is 66.8 Å². The molecule has 0 saturated heterocycles. The van der Waals surface area contributed by atoms with Gasteiger partial charge in [0.05, 0.1) is 119 Å². The number of carbonyl (C=O) groups excluding carboxylic acids is 1. The van der Waals surface area contributed by atoms with E-state index in [9.17, 15) is 9.59 Å². The molecular weight excluding hydrogens is 572 g/mol. The number of hydrogen-bond donors (Lipinski definition) is 1. The second kappa shape index (κ2) is 31.2. The summed E-state index contributed by atoms with van der Waals surface area (Å²) < 4.78 is 58.3. The Morgan fingerprint density at radius 3 is 1.07 bits per heavy atom. The minimum absolute atomic E-state index is 0.107. The molecule has 0 fully saturated rings. The Bertz CT molecular complexity index is 752. The maximum atomic E-state index is 11.6. The highest BCUT2D eigenvalue weighted by atomic mass is 16.6. The van der Waals surface area contributed by atoms with Crippen molar-refractivity contribution in [2.75, 3.05) is 132 Å². The maximum absolute atomic E-state index is 11.6. The average Bonchev–Trinajstić information content (AvgIpc) is 3.01. The predicted molar refractivity (Wildman–Crippen MR) is 152 cm³/mol. The van der Waals surface area contributed by atoms with Crippen molar-refractivity contribution in [1.29, 1.82) is 0 Å². The molecule has 0 heterocycles. The summed E-state index contributed by atoms with van der Waals surface area (Å²) >= 11 is 0. The topological polar surface area (TPSA) is 156 Å². The number of benzene rings is 1. The van der Waals surface area contributed by atoms with Crippen molar-refractivity contribution in [3.05, 3.63) is 35.9 Å². The number of aliphatic carboxylic acids is 1. The molecule has 1 N–H and O–H groups in total. The molecule has 0 aliphatic carbocycles. The Morgan fingerprint density at radius 1 is 0.442 bits per heavy atom. The minimum atomic E-state index is -1.000. The summed E-state index contributed by atoms with van der Waals surface area (Å²) in [6, 6.07) is 9.47. The first kappa shape index (κ1) is 38.8. The van der Waals surface area contributed by atoms with Gasteiger partial charge in [-0.05, 0) is 5.56 Å². The SMILES string of the molecule is O=C(O)COCCOCCOCCOCCOCCOCCOCCOCCOCCOCC(=O)OCc1ccccc1. The quantitative estimate of drug-likeness (QED) is 0.0876. The smallest absolute Gasteiger partial charge is 0.332 e. The van der Waals surface area contributed by atoms with Crippen molar-refractivity contribution in [2.24, 2.45) is 0 Å². The first-order valence-corrected chi connectivity index (χ1v) is 14.4. The summed E-state index contributed by atoms with van der Waals surface area (Å²) in [7, 11) is 0. The highest BCUT2D eigenvalue weighted by Gasteiger charge is 2.03. The lowest BCUT2D eigenvalue weighted by molar-refractivity contribution is -0.151. The second-order valence-electron chi connectivity index (χ2n) is 8.54. The van der Waals surface area contributed by atoms with Crippen LogP contribution in [0.1, 0.15) is 5.56 Å². The number of carboxylic acid groups (broad SMARTS) is 1. The van der Waals surface area contributed by atoms with E-state index in [0.717, 1.165) is 5.56 Å². The highest BCUT2D eigenvalue weighted by Crippen LogP contribution is 2.00. The van der Waals surface area contributed by atoms with Gasteiger partial charge in [0.25, 0.3) is 0 Å². The standard InChI is InChI=1S/C29H48O14/c30-28(31)25-41-22-20-39-18-16-37-14-12-35-10-8-33-6-7-34-9-11-36-13-15-38-17-19-40-21-23-42-26-29(32)43-24-27-4-2-1-3-5-27/h1-5H,6-26H2,(H,30,31). The van der Waals surface area contributed by atoms with Gasteiger partial charge in [0.1, 0.15) is 19.8 Å². The minimum Gasteiger partial charge on any atom is -0.480 e. The molecule has 0 amide bonds. The van der Waals surface area contributed by atoms with Crippen LogP contribution in [0.25, 0.3) is 0 Å². The van der Waals surface area contributed by atoms with Gasteiger partial charge in [-0.25, -0.2) is 9.59 Å². The van der Waals surface area contributed by atoms with E-state index in [1.165, 1.54) is 0 Å². The molecule has 0 bridgehead atoms. The van der Waals surface area contributed by atoms with Gasteiger partial charge in [0, 0.05) is 0 Å². The number of esters is 1. The molecule has 1 rings (SSSR count). The van der Waals surface area contributed by atoms with Crippen LogP contribution < -0.4 is 0 Å². The molecule has 0 aliphatic heterocycles. The summed E-state index contributed by atoms with van der Waals surface area (Å²) in [5.41, 5.74) is 0.930. The molecule has 0 atom stereocenters. The van der Waals surface area contributed by atoms with E-state index in [1.54, 1.807) is 0 Å². The van der Waals surface area contributed by atoms with Gasteiger partial charge in [0.2, 0.25) is 0 Å². The van der Waals surface area contributed by atoms with Crippen LogP contribution >= 0.6 is 0 Å². The molecular formula is C29H48O14. The Morgan fingerprint density at radius 2 is 0.744 bits per heavy atom. The lowest BCUT2D eigenvalue weighted by atomic mass is 10.2. The summed E-state index contributed by atoms with van der Waals surface area (Å²) in [5.74, 6) is -1.41. The van der Waals surface area contributed by atoms with Crippen LogP contribution in [0.15, 0.2) is 30.3 Å². The van der Waals surface area contributed by atoms with Gasteiger partial charge in [0.15, 0.2) is 0 Å². The van der Waals surface area contributed by atoms with Crippen LogP contribution in [0, 0.1) is 0 Å². The van der Waals surface area contributed by atoms with Crippen LogP contribution in [0.2, 0.25) is 0 Å². The fraction of sp³-hybridized carbons (Fsp3) is 0.724. The van der Waals surface area contributed by atoms with Gasteiger partial charge in [-0.3, -0.25) is 0 Å². The monoisotopic (exact) mass is 620 g/mol. The van der Waals surface area contributed by atoms with Crippen LogP contribution in [0.3, 0.4) is 0 Å². The van der Waals surface area contributed by atoms with Gasteiger partial charge >= 0.3 is 11.9 Å². The van der Waals surface area contributed by atoms with E-state index in [1.807, 2.05) is 30.3 Å². The van der Waals surface area contributed by atoms with Crippen molar-refractivity contribution in [3.8, 4) is 0 Å². The number of hydrogen-bond acceptors (Lipinski definition) is 13. The number of ether oxygens (including phenoxy) is 11. The van der Waals surface area contributed by atoms with Gasteiger partial charge in [-0.1, -0.05) is 30.3 Å². The molecule has 0 radical (unpaired) electrons. The Balaban J connectivity index is 1.65. The predicted octanol–water partition coefficient (Wildman–Crippen LogP) is 0.980. The van der Waals surface area contributed by atoms with E-state index in [2.05, 4.69) is 0 Å². The maximum Gasteiger partial charge on any atom is 0.332 e. The van der Waals surface area contributed by atoms with Crippen LogP contribution in [-0.2, 0) is 68.3 Å². The lowest BCUT2D eigenvalue weighted by Crippen LogP contribution is -2.16. The second-order valence-corrected chi connectivity index (χ2v) is 8.54. The molecule has 0 saturated carbocycles. The van der Waals surface area contributed by atoms with Gasteiger partial charge < -0.3 is 57.2 Å². The zero-order valence-electron chi connectivity index (χ0n) is 25.0. The van der Waals surface area contributed by atoms with E-state index in [0.29, 0.717) is 112 Å². The summed E-state index contributed by atoms with van der Waals surface area (Å²) in [5, 5.41) is 8.41. The van der Waals surface area contributed by atoms with Gasteiger partial charge in [-0.2, -0.15) is 0 Å². The normalized spacial score (nSPS) is 11.2. The Hall–Kier alpha value is -2.24. The lowest BCUT2D eigenvalue weighted by Gasteiger charge is -2.09. The first-order valence-electron chi connectivity index (χ1n) is 14.4. The fourth-order valence-corrected chi connectivity index (χ4v) is 2.97. The number of carboxylic acids is 1. The zero-order valence-corrected chi connectivity index (χ0v) is 25.0. The van der Waals surface area contributed by atoms with Crippen LogP contribution in [0.4, 0.5) is 0 Å². The highest BCUT2D eigenvalue weighted by molar-refractivity contribution is 5.70. The average molecular weight is 621 g/mol. The molecule has 14 nitrogen and oxygen atoms in total. The molecule has 1 aromatic rings. The van der Waals surface area contributed by atoms with Crippen molar-refractivity contribution in [1.82, 2.24) is 0 Å². The third kappa shape index (κ3) is 29.6. The van der Waals surface area contributed by atoms with E-state index >= 15 is 0 Å². The van der Waals surface area contributed by atoms with Crippen molar-refractivity contribution >= 4 is 11.9 Å². The van der Waals surface area contributed by atoms with Crippen molar-refractivity contribution in [3.63, 3.8) is 0 Å². The number of rotatable bonds is 33.